The maximum absolute atomic E-state index is 13.6. The smallest absolute Gasteiger partial charge is 0.249 e. The fraction of sp³-hybridized carbons (Fsp3) is 0.312. The predicted molar refractivity (Wildman–Crippen MR) is 151 cm³/mol. The second kappa shape index (κ2) is 14.3. The molecular weight excluding hydrogens is 493 g/mol. The van der Waals surface area contributed by atoms with Gasteiger partial charge in [0.05, 0.1) is 13.2 Å². The summed E-state index contributed by atoms with van der Waals surface area (Å²) in [6, 6.07) is 23.9. The van der Waals surface area contributed by atoms with Gasteiger partial charge in [0.1, 0.15) is 12.4 Å². The summed E-state index contributed by atoms with van der Waals surface area (Å²) in [5, 5.41) is 1.13. The number of ether oxygens (including phenoxy) is 1. The quantitative estimate of drug-likeness (QED) is 0.227. The maximum atomic E-state index is 13.6. The lowest BCUT2D eigenvalue weighted by Gasteiger charge is -2.28. The van der Waals surface area contributed by atoms with E-state index in [1.54, 1.807) is 21.9 Å². The monoisotopic (exact) mass is 529 g/mol. The molecule has 0 fully saturated rings. The Bertz CT molecular complexity index is 1340. The van der Waals surface area contributed by atoms with Crippen LogP contribution in [-0.2, 0) is 33.9 Å². The number of carbonyl (C=O) groups is 2. The Hall–Kier alpha value is -3.97. The van der Waals surface area contributed by atoms with Crippen LogP contribution in [0, 0.1) is 5.82 Å². The number of nitrogens with zero attached hydrogens (tertiary/aromatic N) is 2. The van der Waals surface area contributed by atoms with Crippen LogP contribution >= 0.6 is 0 Å². The van der Waals surface area contributed by atoms with Gasteiger partial charge in [-0.1, -0.05) is 74.0 Å². The fourth-order valence-corrected chi connectivity index (χ4v) is 4.52. The molecular formula is C32H36FN3O3. The van der Waals surface area contributed by atoms with Crippen molar-refractivity contribution in [3.63, 3.8) is 0 Å². The van der Waals surface area contributed by atoms with Crippen LogP contribution in [0.4, 0.5) is 4.39 Å². The van der Waals surface area contributed by atoms with Crippen LogP contribution in [0.15, 0.2) is 85.1 Å². The van der Waals surface area contributed by atoms with Crippen molar-refractivity contribution in [1.82, 2.24) is 14.8 Å². The molecule has 0 saturated carbocycles. The third kappa shape index (κ3) is 8.26. The zero-order chi connectivity index (χ0) is 27.5. The average Bonchev–Trinajstić information content (AvgIpc) is 3.37. The highest BCUT2D eigenvalue weighted by molar-refractivity contribution is 5.86. The Morgan fingerprint density at radius 3 is 2.36 bits per heavy atom. The largest absolute Gasteiger partial charge is 0.367 e. The summed E-state index contributed by atoms with van der Waals surface area (Å²) in [6.45, 7) is 3.58. The van der Waals surface area contributed by atoms with Gasteiger partial charge in [-0.2, -0.15) is 0 Å². The van der Waals surface area contributed by atoms with Crippen molar-refractivity contribution in [3.05, 3.63) is 108 Å². The summed E-state index contributed by atoms with van der Waals surface area (Å²) in [7, 11) is 0. The fourth-order valence-electron chi connectivity index (χ4n) is 4.52. The predicted octanol–water partition coefficient (Wildman–Crippen LogP) is 5.72. The van der Waals surface area contributed by atoms with Crippen molar-refractivity contribution in [2.45, 2.75) is 39.3 Å². The highest BCUT2D eigenvalue weighted by Gasteiger charge is 2.22. The number of nitrogens with one attached hydrogen (secondary N) is 1. The van der Waals surface area contributed by atoms with Crippen LogP contribution in [0.2, 0.25) is 0 Å². The van der Waals surface area contributed by atoms with Gasteiger partial charge in [0, 0.05) is 36.7 Å². The molecule has 1 N–H and O–H groups in total. The number of halogens is 1. The molecule has 0 radical (unpaired) electrons. The molecule has 7 heteroatoms. The van der Waals surface area contributed by atoms with E-state index in [9.17, 15) is 14.0 Å². The lowest BCUT2D eigenvalue weighted by atomic mass is 10.1. The number of fused-ring (bicyclic) bond motifs is 1. The first-order valence-corrected chi connectivity index (χ1v) is 13.5. The van der Waals surface area contributed by atoms with Crippen LogP contribution in [0.5, 0.6) is 0 Å². The number of benzene rings is 3. The second-order valence-electron chi connectivity index (χ2n) is 9.70. The minimum atomic E-state index is -0.317. The van der Waals surface area contributed by atoms with Crippen molar-refractivity contribution < 1.29 is 18.7 Å². The molecule has 3 aromatic carbocycles. The van der Waals surface area contributed by atoms with Gasteiger partial charge in [0.2, 0.25) is 11.8 Å². The lowest BCUT2D eigenvalue weighted by Crippen LogP contribution is -2.44. The van der Waals surface area contributed by atoms with E-state index in [1.165, 1.54) is 12.1 Å². The van der Waals surface area contributed by atoms with Gasteiger partial charge in [0.25, 0.3) is 0 Å². The van der Waals surface area contributed by atoms with Gasteiger partial charge in [-0.05, 0) is 47.7 Å². The van der Waals surface area contributed by atoms with Crippen LogP contribution < -0.4 is 0 Å². The number of unbranched alkanes of at least 4 members (excludes halogenated alkanes) is 1. The first-order valence-electron chi connectivity index (χ1n) is 13.5. The van der Waals surface area contributed by atoms with E-state index in [2.05, 4.69) is 18.0 Å². The third-order valence-electron chi connectivity index (χ3n) is 6.76. The van der Waals surface area contributed by atoms with E-state index in [-0.39, 0.29) is 30.8 Å². The standard InChI is InChI=1S/C32H36FN3O3/c1-2-3-18-35(32(38)24-39-23-26-9-5-4-6-10-26)22-31(37)36(21-25-13-15-28(33)16-14-25)19-17-27-20-34-30-12-8-7-11-29(27)30/h4-16,20,34H,2-3,17-19,21-24H2,1H3. The molecule has 0 spiro atoms. The summed E-state index contributed by atoms with van der Waals surface area (Å²) < 4.78 is 19.2. The van der Waals surface area contributed by atoms with Crippen molar-refractivity contribution in [2.75, 3.05) is 26.2 Å². The summed E-state index contributed by atoms with van der Waals surface area (Å²) in [6.07, 6.45) is 4.33. The van der Waals surface area contributed by atoms with E-state index in [4.69, 9.17) is 4.74 Å². The van der Waals surface area contributed by atoms with E-state index >= 15 is 0 Å². The number of H-pyrrole nitrogens is 1. The van der Waals surface area contributed by atoms with Gasteiger partial charge in [-0.3, -0.25) is 9.59 Å². The van der Waals surface area contributed by atoms with Crippen LogP contribution in [0.25, 0.3) is 10.9 Å². The van der Waals surface area contributed by atoms with Gasteiger partial charge in [-0.15, -0.1) is 0 Å². The molecule has 2 amide bonds. The molecule has 1 heterocycles. The van der Waals surface area contributed by atoms with E-state index < -0.39 is 0 Å². The topological polar surface area (TPSA) is 65.6 Å². The number of carbonyl (C=O) groups excluding carboxylic acids is 2. The molecule has 0 atom stereocenters. The first-order chi connectivity index (χ1) is 19.0. The van der Waals surface area contributed by atoms with E-state index in [1.807, 2.05) is 54.7 Å². The molecule has 4 rings (SSSR count). The van der Waals surface area contributed by atoms with Crippen molar-refractivity contribution in [1.29, 1.82) is 0 Å². The summed E-state index contributed by atoms with van der Waals surface area (Å²) >= 11 is 0. The lowest BCUT2D eigenvalue weighted by molar-refractivity contribution is -0.143. The van der Waals surface area contributed by atoms with Gasteiger partial charge in [0.15, 0.2) is 0 Å². The maximum Gasteiger partial charge on any atom is 0.249 e. The Kier molecular flexibility index (Phi) is 10.3. The Morgan fingerprint density at radius 2 is 1.59 bits per heavy atom. The highest BCUT2D eigenvalue weighted by Crippen LogP contribution is 2.19. The minimum absolute atomic E-state index is 0.0252. The summed E-state index contributed by atoms with van der Waals surface area (Å²) in [5.41, 5.74) is 4.00. The second-order valence-corrected chi connectivity index (χ2v) is 9.70. The van der Waals surface area contributed by atoms with Gasteiger partial charge >= 0.3 is 0 Å². The molecule has 0 aliphatic heterocycles. The third-order valence-corrected chi connectivity index (χ3v) is 6.76. The van der Waals surface area contributed by atoms with Crippen molar-refractivity contribution in [3.8, 4) is 0 Å². The number of aromatic nitrogens is 1. The number of para-hydroxylation sites is 1. The molecule has 0 bridgehead atoms. The highest BCUT2D eigenvalue weighted by atomic mass is 19.1. The zero-order valence-electron chi connectivity index (χ0n) is 22.4. The number of aromatic amines is 1. The SMILES string of the molecule is CCCCN(CC(=O)N(CCc1c[nH]c2ccccc12)Cc1ccc(F)cc1)C(=O)COCc1ccccc1. The van der Waals surface area contributed by atoms with Gasteiger partial charge in [-0.25, -0.2) is 4.39 Å². The van der Waals surface area contributed by atoms with Crippen molar-refractivity contribution in [2.24, 2.45) is 0 Å². The molecule has 0 unspecified atom stereocenters. The van der Waals surface area contributed by atoms with E-state index in [0.29, 0.717) is 32.7 Å². The zero-order valence-corrected chi connectivity index (χ0v) is 22.4. The van der Waals surface area contributed by atoms with Gasteiger partial charge < -0.3 is 19.5 Å². The molecule has 39 heavy (non-hydrogen) atoms. The minimum Gasteiger partial charge on any atom is -0.367 e. The van der Waals surface area contributed by atoms with Crippen LogP contribution in [0.3, 0.4) is 0 Å². The molecule has 0 aliphatic rings. The van der Waals surface area contributed by atoms with E-state index in [0.717, 1.165) is 40.4 Å². The summed E-state index contributed by atoms with van der Waals surface area (Å²) in [5.74, 6) is -0.667. The number of hydrogen-bond acceptors (Lipinski definition) is 3. The van der Waals surface area contributed by atoms with Crippen LogP contribution in [0.1, 0.15) is 36.5 Å². The Morgan fingerprint density at radius 1 is 0.846 bits per heavy atom. The van der Waals surface area contributed by atoms with Crippen molar-refractivity contribution >= 4 is 22.7 Å². The normalized spacial score (nSPS) is 11.0. The molecule has 1 aromatic heterocycles. The Balaban J connectivity index is 1.44. The molecule has 4 aromatic rings. The number of rotatable bonds is 14. The Labute approximate surface area is 229 Å². The first kappa shape index (κ1) is 28.0. The summed E-state index contributed by atoms with van der Waals surface area (Å²) in [4.78, 5) is 33.3. The number of hydrogen-bond donors (Lipinski definition) is 1. The molecule has 0 saturated heterocycles. The number of amides is 2. The average molecular weight is 530 g/mol. The van der Waals surface area contributed by atoms with Crippen LogP contribution in [-0.4, -0.2) is 52.8 Å². The molecule has 0 aliphatic carbocycles. The molecule has 204 valence electrons. The molecule has 6 nitrogen and oxygen atoms in total.